The second-order valence-corrected chi connectivity index (χ2v) is 5.97. The van der Waals surface area contributed by atoms with Gasteiger partial charge in [-0.05, 0) is 44.7 Å². The maximum Gasteiger partial charge on any atom is 0.251 e. The number of carbonyl (C=O) groups excluding carboxylic acids is 2. The number of nitrogens with one attached hydrogen (secondary N) is 1. The van der Waals surface area contributed by atoms with E-state index in [1.807, 2.05) is 25.1 Å². The molecule has 0 aromatic heterocycles. The molecule has 2 unspecified atom stereocenters. The summed E-state index contributed by atoms with van der Waals surface area (Å²) in [7, 11) is 0. The molecule has 1 heterocycles. The number of hydrogen-bond donors (Lipinski definition) is 2. The van der Waals surface area contributed by atoms with E-state index in [-0.39, 0.29) is 24.4 Å². The number of aliphatic hydroxyl groups is 1. The summed E-state index contributed by atoms with van der Waals surface area (Å²) in [5.41, 5.74) is 1.48. The van der Waals surface area contributed by atoms with Crippen LogP contribution in [-0.4, -0.2) is 47.1 Å². The van der Waals surface area contributed by atoms with Gasteiger partial charge in [-0.25, -0.2) is 0 Å². The van der Waals surface area contributed by atoms with Gasteiger partial charge in [-0.3, -0.25) is 9.59 Å². The van der Waals surface area contributed by atoms with E-state index in [0.29, 0.717) is 18.5 Å². The van der Waals surface area contributed by atoms with Crippen molar-refractivity contribution >= 4 is 11.8 Å². The average Bonchev–Trinajstić information content (AvgIpc) is 2.92. The monoisotopic (exact) mass is 304 g/mol. The highest BCUT2D eigenvalue weighted by molar-refractivity contribution is 5.97. The van der Waals surface area contributed by atoms with Gasteiger partial charge >= 0.3 is 0 Å². The van der Waals surface area contributed by atoms with E-state index >= 15 is 0 Å². The molecule has 0 aliphatic carbocycles. The first-order chi connectivity index (χ1) is 10.5. The van der Waals surface area contributed by atoms with Gasteiger partial charge in [0.1, 0.15) is 0 Å². The van der Waals surface area contributed by atoms with Crippen LogP contribution in [0.3, 0.4) is 0 Å². The minimum Gasteiger partial charge on any atom is -0.393 e. The van der Waals surface area contributed by atoms with Crippen LogP contribution >= 0.6 is 0 Å². The first-order valence-electron chi connectivity index (χ1n) is 7.80. The van der Waals surface area contributed by atoms with Gasteiger partial charge in [0.25, 0.3) is 5.91 Å². The van der Waals surface area contributed by atoms with Gasteiger partial charge in [0, 0.05) is 18.2 Å². The van der Waals surface area contributed by atoms with Gasteiger partial charge in [0.2, 0.25) is 5.91 Å². The number of carbonyl (C=O) groups is 2. The Bertz CT molecular complexity index is 542. The third-order valence-corrected chi connectivity index (χ3v) is 4.10. The second-order valence-electron chi connectivity index (χ2n) is 5.97. The molecule has 5 heteroatoms. The van der Waals surface area contributed by atoms with E-state index < -0.39 is 6.10 Å². The summed E-state index contributed by atoms with van der Waals surface area (Å²) >= 11 is 0. The highest BCUT2D eigenvalue weighted by Crippen LogP contribution is 2.21. The van der Waals surface area contributed by atoms with Crippen molar-refractivity contribution < 1.29 is 14.7 Å². The van der Waals surface area contributed by atoms with Crippen LogP contribution in [0.4, 0.5) is 0 Å². The van der Waals surface area contributed by atoms with Crippen LogP contribution in [0.15, 0.2) is 24.3 Å². The van der Waals surface area contributed by atoms with Gasteiger partial charge in [-0.1, -0.05) is 18.2 Å². The summed E-state index contributed by atoms with van der Waals surface area (Å²) in [6.07, 6.45) is 2.05. The fraction of sp³-hybridized carbons (Fsp3) is 0.529. The Labute approximate surface area is 131 Å². The van der Waals surface area contributed by atoms with Gasteiger partial charge in [-0.15, -0.1) is 0 Å². The summed E-state index contributed by atoms with van der Waals surface area (Å²) in [4.78, 5) is 26.2. The van der Waals surface area contributed by atoms with Crippen LogP contribution in [0, 0.1) is 6.92 Å². The number of amides is 2. The summed E-state index contributed by atoms with van der Waals surface area (Å²) in [5.74, 6) is -0.303. The fourth-order valence-electron chi connectivity index (χ4n) is 2.98. The summed E-state index contributed by atoms with van der Waals surface area (Å²) < 4.78 is 0. The van der Waals surface area contributed by atoms with Crippen molar-refractivity contribution in [1.82, 2.24) is 10.2 Å². The minimum absolute atomic E-state index is 0.00345. The Morgan fingerprint density at radius 3 is 2.82 bits per heavy atom. The molecule has 2 atom stereocenters. The Morgan fingerprint density at radius 1 is 1.41 bits per heavy atom. The molecule has 22 heavy (non-hydrogen) atoms. The number of likely N-dealkylation sites (tertiary alicyclic amines) is 1. The number of nitrogens with zero attached hydrogens (tertiary/aromatic N) is 1. The first-order valence-corrected chi connectivity index (χ1v) is 7.80. The van der Waals surface area contributed by atoms with Crippen LogP contribution < -0.4 is 5.32 Å². The van der Waals surface area contributed by atoms with E-state index in [2.05, 4.69) is 5.32 Å². The zero-order valence-electron chi connectivity index (χ0n) is 13.2. The lowest BCUT2D eigenvalue weighted by molar-refractivity contribution is -0.131. The fourth-order valence-corrected chi connectivity index (χ4v) is 2.98. The van der Waals surface area contributed by atoms with E-state index in [0.717, 1.165) is 18.4 Å². The maximum absolute atomic E-state index is 12.3. The van der Waals surface area contributed by atoms with Crippen molar-refractivity contribution in [3.05, 3.63) is 35.4 Å². The van der Waals surface area contributed by atoms with Crippen LogP contribution in [0.1, 0.15) is 42.1 Å². The zero-order chi connectivity index (χ0) is 16.1. The SMILES string of the molecule is Cc1ccccc1C(=O)NCC(=O)N1CCCC1CC(C)O. The predicted molar refractivity (Wildman–Crippen MR) is 84.5 cm³/mol. The smallest absolute Gasteiger partial charge is 0.251 e. The van der Waals surface area contributed by atoms with E-state index in [1.54, 1.807) is 17.9 Å². The van der Waals surface area contributed by atoms with Crippen molar-refractivity contribution in [3.8, 4) is 0 Å². The highest BCUT2D eigenvalue weighted by Gasteiger charge is 2.29. The van der Waals surface area contributed by atoms with Crippen LogP contribution in [0.2, 0.25) is 0 Å². The normalized spacial score (nSPS) is 19.0. The Kier molecular flexibility index (Phi) is 5.55. The quantitative estimate of drug-likeness (QED) is 0.866. The minimum atomic E-state index is -0.417. The predicted octanol–water partition coefficient (Wildman–Crippen LogP) is 1.49. The lowest BCUT2D eigenvalue weighted by Gasteiger charge is -2.25. The molecule has 1 fully saturated rings. The molecule has 0 radical (unpaired) electrons. The third kappa shape index (κ3) is 4.07. The molecule has 1 aliphatic heterocycles. The number of aliphatic hydroxyl groups excluding tert-OH is 1. The van der Waals surface area contributed by atoms with Gasteiger partial charge < -0.3 is 15.3 Å². The van der Waals surface area contributed by atoms with E-state index in [1.165, 1.54) is 0 Å². The molecule has 2 N–H and O–H groups in total. The Morgan fingerprint density at radius 2 is 2.14 bits per heavy atom. The first kappa shape index (κ1) is 16.5. The molecule has 0 bridgehead atoms. The number of rotatable bonds is 5. The molecular formula is C17H24N2O3. The summed E-state index contributed by atoms with van der Waals surface area (Å²) in [5, 5.41) is 12.2. The Hall–Kier alpha value is -1.88. The van der Waals surface area contributed by atoms with Crippen molar-refractivity contribution in [2.45, 2.75) is 45.3 Å². The summed E-state index contributed by atoms with van der Waals surface area (Å²) in [6, 6.07) is 7.39. The molecule has 1 saturated heterocycles. The molecule has 2 rings (SSSR count). The number of benzene rings is 1. The standard InChI is InChI=1S/C17H24N2O3/c1-12-6-3-4-8-15(12)17(22)18-11-16(21)19-9-5-7-14(19)10-13(2)20/h3-4,6,8,13-14,20H,5,7,9-11H2,1-2H3,(H,18,22). The van der Waals surface area contributed by atoms with Crippen LogP contribution in [0.25, 0.3) is 0 Å². The van der Waals surface area contributed by atoms with Gasteiger partial charge in [-0.2, -0.15) is 0 Å². The third-order valence-electron chi connectivity index (χ3n) is 4.10. The van der Waals surface area contributed by atoms with Crippen LogP contribution in [-0.2, 0) is 4.79 Å². The Balaban J connectivity index is 1.90. The molecule has 1 aliphatic rings. The molecule has 0 saturated carbocycles. The molecule has 2 amide bonds. The van der Waals surface area contributed by atoms with Gasteiger partial charge in [0.05, 0.1) is 12.6 Å². The number of aryl methyl sites for hydroxylation is 1. The van der Waals surface area contributed by atoms with Crippen molar-refractivity contribution in [2.75, 3.05) is 13.1 Å². The van der Waals surface area contributed by atoms with Gasteiger partial charge in [0.15, 0.2) is 0 Å². The van der Waals surface area contributed by atoms with Crippen molar-refractivity contribution in [3.63, 3.8) is 0 Å². The van der Waals surface area contributed by atoms with E-state index in [4.69, 9.17) is 0 Å². The lowest BCUT2D eigenvalue weighted by atomic mass is 10.1. The average molecular weight is 304 g/mol. The van der Waals surface area contributed by atoms with E-state index in [9.17, 15) is 14.7 Å². The van der Waals surface area contributed by atoms with Crippen molar-refractivity contribution in [1.29, 1.82) is 0 Å². The van der Waals surface area contributed by atoms with Crippen molar-refractivity contribution in [2.24, 2.45) is 0 Å². The summed E-state index contributed by atoms with van der Waals surface area (Å²) in [6.45, 7) is 4.32. The highest BCUT2D eigenvalue weighted by atomic mass is 16.3. The molecule has 1 aromatic rings. The van der Waals surface area contributed by atoms with Crippen LogP contribution in [0.5, 0.6) is 0 Å². The number of hydrogen-bond acceptors (Lipinski definition) is 3. The lowest BCUT2D eigenvalue weighted by Crippen LogP contribution is -2.43. The topological polar surface area (TPSA) is 69.6 Å². The molecular weight excluding hydrogens is 280 g/mol. The largest absolute Gasteiger partial charge is 0.393 e. The maximum atomic E-state index is 12.3. The zero-order valence-corrected chi connectivity index (χ0v) is 13.2. The molecule has 1 aromatic carbocycles. The molecule has 0 spiro atoms. The second kappa shape index (κ2) is 7.40. The molecule has 5 nitrogen and oxygen atoms in total. The molecule has 120 valence electrons.